The van der Waals surface area contributed by atoms with Gasteiger partial charge in [-0.1, -0.05) is 42.2 Å². The van der Waals surface area contributed by atoms with E-state index in [1.807, 2.05) is 13.1 Å². The highest BCUT2D eigenvalue weighted by Gasteiger charge is 2.27. The third-order valence-corrected chi connectivity index (χ3v) is 5.15. The van der Waals surface area contributed by atoms with Crippen LogP contribution in [0.5, 0.6) is 0 Å². The van der Waals surface area contributed by atoms with Crippen molar-refractivity contribution in [3.8, 4) is 0 Å². The van der Waals surface area contributed by atoms with E-state index in [0.29, 0.717) is 11.0 Å². The smallest absolute Gasteiger partial charge is 0.104 e. The summed E-state index contributed by atoms with van der Waals surface area (Å²) in [6.45, 7) is 3.12. The molecular weight excluding hydrogens is 310 g/mol. The van der Waals surface area contributed by atoms with E-state index in [-0.39, 0.29) is 0 Å². The third kappa shape index (κ3) is 2.72. The summed E-state index contributed by atoms with van der Waals surface area (Å²) in [7, 11) is 1.98. The summed E-state index contributed by atoms with van der Waals surface area (Å²) >= 11 is 6.94. The SMILES string of the molecule is CNC[C@@H](C)N1c2ccccc2Sc2ccc(C(N)=S)cc21. The number of para-hydroxylation sites is 1. The molecule has 0 radical (unpaired) electrons. The molecule has 2 aromatic carbocycles. The zero-order valence-electron chi connectivity index (χ0n) is 12.7. The Bertz CT molecular complexity index is 715. The summed E-state index contributed by atoms with van der Waals surface area (Å²) in [6.07, 6.45) is 0. The average Bonchev–Trinajstić information content (AvgIpc) is 2.52. The van der Waals surface area contributed by atoms with Gasteiger partial charge in [0.2, 0.25) is 0 Å². The number of fused-ring (bicyclic) bond motifs is 2. The molecule has 0 saturated carbocycles. The van der Waals surface area contributed by atoms with Crippen molar-refractivity contribution in [2.45, 2.75) is 22.8 Å². The highest BCUT2D eigenvalue weighted by Crippen LogP contribution is 2.49. The fourth-order valence-electron chi connectivity index (χ4n) is 2.80. The molecule has 0 spiro atoms. The number of thiocarbonyl (C=S) groups is 1. The second kappa shape index (κ2) is 6.28. The molecule has 0 fully saturated rings. The number of hydrogen-bond donors (Lipinski definition) is 2. The van der Waals surface area contributed by atoms with Gasteiger partial charge in [0.1, 0.15) is 4.99 Å². The molecule has 3 rings (SSSR count). The first-order valence-electron chi connectivity index (χ1n) is 7.26. The Morgan fingerprint density at radius 3 is 2.68 bits per heavy atom. The van der Waals surface area contributed by atoms with Gasteiger partial charge >= 0.3 is 0 Å². The molecule has 1 aliphatic heterocycles. The summed E-state index contributed by atoms with van der Waals surface area (Å²) < 4.78 is 0. The molecule has 1 heterocycles. The van der Waals surface area contributed by atoms with Crippen LogP contribution in [0, 0.1) is 0 Å². The Labute approximate surface area is 140 Å². The van der Waals surface area contributed by atoms with E-state index in [1.54, 1.807) is 11.8 Å². The molecule has 3 nitrogen and oxygen atoms in total. The Morgan fingerprint density at radius 2 is 1.95 bits per heavy atom. The van der Waals surface area contributed by atoms with Gasteiger partial charge in [-0.3, -0.25) is 0 Å². The number of hydrogen-bond acceptors (Lipinski definition) is 4. The van der Waals surface area contributed by atoms with Crippen molar-refractivity contribution < 1.29 is 0 Å². The fraction of sp³-hybridized carbons (Fsp3) is 0.235. The van der Waals surface area contributed by atoms with Gasteiger partial charge in [-0.2, -0.15) is 0 Å². The number of likely N-dealkylation sites (N-methyl/N-ethyl adjacent to an activating group) is 1. The molecule has 2 aromatic rings. The molecule has 0 amide bonds. The maximum Gasteiger partial charge on any atom is 0.104 e. The lowest BCUT2D eigenvalue weighted by atomic mass is 10.1. The van der Waals surface area contributed by atoms with Crippen LogP contribution in [0.4, 0.5) is 11.4 Å². The average molecular weight is 329 g/mol. The minimum Gasteiger partial charge on any atom is -0.389 e. The first kappa shape index (κ1) is 15.3. The van der Waals surface area contributed by atoms with E-state index in [0.717, 1.165) is 12.1 Å². The Morgan fingerprint density at radius 1 is 1.23 bits per heavy atom. The zero-order valence-corrected chi connectivity index (χ0v) is 14.3. The van der Waals surface area contributed by atoms with Crippen LogP contribution in [0.3, 0.4) is 0 Å². The van der Waals surface area contributed by atoms with Crippen LogP contribution in [0.1, 0.15) is 12.5 Å². The van der Waals surface area contributed by atoms with E-state index in [9.17, 15) is 0 Å². The van der Waals surface area contributed by atoms with Crippen molar-refractivity contribution in [1.82, 2.24) is 5.32 Å². The Balaban J connectivity index is 2.14. The number of rotatable bonds is 4. The molecule has 0 saturated heterocycles. The van der Waals surface area contributed by atoms with Crippen molar-refractivity contribution >= 4 is 40.3 Å². The number of benzene rings is 2. The van der Waals surface area contributed by atoms with Crippen molar-refractivity contribution in [2.75, 3.05) is 18.5 Å². The monoisotopic (exact) mass is 329 g/mol. The van der Waals surface area contributed by atoms with Crippen LogP contribution in [-0.2, 0) is 0 Å². The van der Waals surface area contributed by atoms with Crippen LogP contribution in [0.25, 0.3) is 0 Å². The zero-order chi connectivity index (χ0) is 15.7. The largest absolute Gasteiger partial charge is 0.389 e. The number of nitrogens with two attached hydrogens (primary N) is 1. The van der Waals surface area contributed by atoms with Crippen LogP contribution in [0.2, 0.25) is 0 Å². The van der Waals surface area contributed by atoms with Gasteiger partial charge in [-0.15, -0.1) is 0 Å². The molecule has 22 heavy (non-hydrogen) atoms. The summed E-state index contributed by atoms with van der Waals surface area (Å²) in [5.41, 5.74) is 9.14. The Hall–Kier alpha value is -1.56. The van der Waals surface area contributed by atoms with Crippen molar-refractivity contribution in [3.63, 3.8) is 0 Å². The van der Waals surface area contributed by atoms with Gasteiger partial charge in [0.05, 0.1) is 11.4 Å². The second-order valence-corrected chi connectivity index (χ2v) is 6.92. The van der Waals surface area contributed by atoms with Gasteiger partial charge in [0.25, 0.3) is 0 Å². The van der Waals surface area contributed by atoms with Crippen LogP contribution < -0.4 is 16.0 Å². The lowest BCUT2D eigenvalue weighted by Gasteiger charge is -2.37. The van der Waals surface area contributed by atoms with Gasteiger partial charge in [-0.05, 0) is 38.2 Å². The normalized spacial score (nSPS) is 14.2. The first-order valence-corrected chi connectivity index (χ1v) is 8.49. The fourth-order valence-corrected chi connectivity index (χ4v) is 3.98. The molecule has 0 aromatic heterocycles. The molecule has 1 aliphatic rings. The lowest BCUT2D eigenvalue weighted by Crippen LogP contribution is -2.37. The van der Waals surface area contributed by atoms with E-state index < -0.39 is 0 Å². The summed E-state index contributed by atoms with van der Waals surface area (Å²) in [4.78, 5) is 5.33. The molecule has 3 N–H and O–H groups in total. The summed E-state index contributed by atoms with van der Waals surface area (Å²) in [5, 5.41) is 3.26. The second-order valence-electron chi connectivity index (χ2n) is 5.39. The summed E-state index contributed by atoms with van der Waals surface area (Å²) in [5.74, 6) is 0. The topological polar surface area (TPSA) is 41.3 Å². The van der Waals surface area contributed by atoms with E-state index in [1.165, 1.54) is 21.2 Å². The Kier molecular flexibility index (Phi) is 4.38. The van der Waals surface area contributed by atoms with E-state index in [2.05, 4.69) is 53.5 Å². The molecule has 1 atom stereocenters. The standard InChI is InChI=1S/C17H19N3S2/c1-11(10-19-2)20-13-5-3-4-6-15(13)22-16-8-7-12(17(18)21)9-14(16)20/h3-9,11,19H,10H2,1-2H3,(H2,18,21)/t11-/m1/s1. The maximum absolute atomic E-state index is 5.82. The van der Waals surface area contributed by atoms with Gasteiger partial charge in [-0.25, -0.2) is 0 Å². The highest BCUT2D eigenvalue weighted by atomic mass is 32.2. The quantitative estimate of drug-likeness (QED) is 0.840. The van der Waals surface area contributed by atoms with Crippen molar-refractivity contribution in [3.05, 3.63) is 48.0 Å². The highest BCUT2D eigenvalue weighted by molar-refractivity contribution is 7.99. The molecule has 0 aliphatic carbocycles. The third-order valence-electron chi connectivity index (χ3n) is 3.79. The predicted molar refractivity (Wildman–Crippen MR) is 98.4 cm³/mol. The summed E-state index contributed by atoms with van der Waals surface area (Å²) in [6, 6.07) is 15.1. The van der Waals surface area contributed by atoms with Crippen LogP contribution in [0.15, 0.2) is 52.3 Å². The molecule has 114 valence electrons. The number of nitrogens with one attached hydrogen (secondary N) is 1. The predicted octanol–water partition coefficient (Wildman–Crippen LogP) is 3.53. The molecule has 0 bridgehead atoms. The minimum absolute atomic E-state index is 0.326. The number of anilines is 2. The van der Waals surface area contributed by atoms with Crippen LogP contribution in [-0.4, -0.2) is 24.6 Å². The minimum atomic E-state index is 0.326. The van der Waals surface area contributed by atoms with Gasteiger partial charge in [0.15, 0.2) is 0 Å². The van der Waals surface area contributed by atoms with E-state index >= 15 is 0 Å². The number of nitrogens with zero attached hydrogens (tertiary/aromatic N) is 1. The maximum atomic E-state index is 5.82. The van der Waals surface area contributed by atoms with Crippen molar-refractivity contribution in [2.24, 2.45) is 5.73 Å². The first-order chi connectivity index (χ1) is 10.6. The van der Waals surface area contributed by atoms with Gasteiger partial charge in [0, 0.05) is 27.9 Å². The molecule has 0 unspecified atom stereocenters. The van der Waals surface area contributed by atoms with Crippen molar-refractivity contribution in [1.29, 1.82) is 0 Å². The molecule has 5 heteroatoms. The van der Waals surface area contributed by atoms with Gasteiger partial charge < -0.3 is 16.0 Å². The molecular formula is C17H19N3S2. The van der Waals surface area contributed by atoms with Crippen LogP contribution >= 0.6 is 24.0 Å². The lowest BCUT2D eigenvalue weighted by molar-refractivity contribution is 0.642. The van der Waals surface area contributed by atoms with E-state index in [4.69, 9.17) is 18.0 Å².